The van der Waals surface area contributed by atoms with Gasteiger partial charge in [-0.2, -0.15) is 0 Å². The number of benzene rings is 2. The molecule has 1 aromatic heterocycles. The first-order valence-corrected chi connectivity index (χ1v) is 11.7. The van der Waals surface area contributed by atoms with Gasteiger partial charge in [-0.25, -0.2) is 0 Å². The summed E-state index contributed by atoms with van der Waals surface area (Å²) in [6, 6.07) is 12.9. The fourth-order valence-corrected chi connectivity index (χ4v) is 4.45. The molecule has 0 fully saturated rings. The zero-order valence-electron chi connectivity index (χ0n) is 18.0. The highest BCUT2D eigenvalue weighted by Crippen LogP contribution is 2.36. The van der Waals surface area contributed by atoms with Gasteiger partial charge >= 0.3 is 0 Å². The van der Waals surface area contributed by atoms with Crippen molar-refractivity contribution in [2.75, 3.05) is 12.8 Å². The number of thioether (sulfide) groups is 1. The number of nitrogens with one attached hydrogen (secondary N) is 1. The molecular weight excluding hydrogens is 408 g/mol. The molecule has 0 aliphatic heterocycles. The van der Waals surface area contributed by atoms with Crippen LogP contribution in [0.4, 0.5) is 0 Å². The molecule has 160 valence electrons. The fraction of sp³-hybridized carbons (Fsp3) is 0.333. The number of rotatable bonds is 8. The molecule has 1 aliphatic rings. The third kappa shape index (κ3) is 4.28. The molecule has 1 N–H and O–H groups in total. The second kappa shape index (κ2) is 9.06. The second-order valence-electron chi connectivity index (χ2n) is 8.10. The van der Waals surface area contributed by atoms with Crippen molar-refractivity contribution in [1.82, 2.24) is 20.1 Å². The smallest absolute Gasteiger partial charge is 0.251 e. The zero-order chi connectivity index (χ0) is 22.0. The number of aromatic nitrogens is 3. The number of carbonyl (C=O) groups excluding carboxylic acids is 2. The maximum absolute atomic E-state index is 12.7. The van der Waals surface area contributed by atoms with E-state index in [-0.39, 0.29) is 11.7 Å². The van der Waals surface area contributed by atoms with Crippen molar-refractivity contribution in [1.29, 1.82) is 0 Å². The molecular formula is C24H26N4O2S. The zero-order valence-corrected chi connectivity index (χ0v) is 18.8. The van der Waals surface area contributed by atoms with Gasteiger partial charge in [-0.1, -0.05) is 55.9 Å². The van der Waals surface area contributed by atoms with E-state index in [2.05, 4.69) is 33.9 Å². The van der Waals surface area contributed by atoms with Gasteiger partial charge in [0.15, 0.2) is 10.9 Å². The van der Waals surface area contributed by atoms with Crippen molar-refractivity contribution < 1.29 is 9.59 Å². The largest absolute Gasteiger partial charge is 0.352 e. The number of aryl methyl sites for hydroxylation is 1. The molecule has 1 heterocycles. The van der Waals surface area contributed by atoms with Crippen LogP contribution in [0, 0.1) is 5.92 Å². The van der Waals surface area contributed by atoms with Gasteiger partial charge in [0.2, 0.25) is 0 Å². The van der Waals surface area contributed by atoms with E-state index in [9.17, 15) is 9.59 Å². The van der Waals surface area contributed by atoms with Crippen LogP contribution in [0.1, 0.15) is 52.4 Å². The van der Waals surface area contributed by atoms with Crippen LogP contribution in [0.3, 0.4) is 0 Å². The van der Waals surface area contributed by atoms with E-state index in [1.165, 1.54) is 0 Å². The minimum absolute atomic E-state index is 0.0191. The molecule has 0 atom stereocenters. The Kier molecular flexibility index (Phi) is 6.23. The van der Waals surface area contributed by atoms with Crippen LogP contribution in [0.5, 0.6) is 0 Å². The third-order valence-corrected chi connectivity index (χ3v) is 6.04. The van der Waals surface area contributed by atoms with Crippen molar-refractivity contribution in [3.05, 3.63) is 65.0 Å². The molecule has 31 heavy (non-hydrogen) atoms. The summed E-state index contributed by atoms with van der Waals surface area (Å²) in [5, 5.41) is 12.5. The molecule has 3 aromatic rings. The minimum atomic E-state index is -0.167. The van der Waals surface area contributed by atoms with E-state index in [4.69, 9.17) is 0 Å². The standard InChI is InChI=1S/C24H26N4O2S/c1-15(2)14-28-21(26-27-24(28)31-3)9-6-12-25-23(30)16-10-11-18-17-7-4-5-8-19(17)22(29)20(18)13-16/h4-5,7-8,10-11,13,15H,6,9,12,14H2,1-3H3,(H,25,30). The summed E-state index contributed by atoms with van der Waals surface area (Å²) >= 11 is 1.60. The number of fused-ring (bicyclic) bond motifs is 3. The SMILES string of the molecule is CSc1nnc(CCCNC(=O)c2ccc3c(c2)C(=O)c2ccccc2-3)n1CC(C)C. The van der Waals surface area contributed by atoms with Gasteiger partial charge in [-0.05, 0) is 41.9 Å². The maximum atomic E-state index is 12.7. The Bertz CT molecular complexity index is 1140. The van der Waals surface area contributed by atoms with Crippen molar-refractivity contribution in [3.8, 4) is 11.1 Å². The van der Waals surface area contributed by atoms with Gasteiger partial charge in [0, 0.05) is 36.2 Å². The van der Waals surface area contributed by atoms with E-state index in [1.807, 2.05) is 36.6 Å². The van der Waals surface area contributed by atoms with Crippen LogP contribution in [0.25, 0.3) is 11.1 Å². The highest BCUT2D eigenvalue weighted by Gasteiger charge is 2.27. The first kappa shape index (κ1) is 21.3. The first-order chi connectivity index (χ1) is 15.0. The van der Waals surface area contributed by atoms with E-state index in [0.29, 0.717) is 29.2 Å². The maximum Gasteiger partial charge on any atom is 0.251 e. The topological polar surface area (TPSA) is 76.9 Å². The van der Waals surface area contributed by atoms with Crippen molar-refractivity contribution in [3.63, 3.8) is 0 Å². The number of ketones is 1. The van der Waals surface area contributed by atoms with Gasteiger partial charge in [0.1, 0.15) is 5.82 Å². The molecule has 7 heteroatoms. The normalized spacial score (nSPS) is 12.2. The Morgan fingerprint density at radius 1 is 1.06 bits per heavy atom. The second-order valence-corrected chi connectivity index (χ2v) is 8.88. The van der Waals surface area contributed by atoms with Crippen molar-refractivity contribution >= 4 is 23.5 Å². The molecule has 0 spiro atoms. The van der Waals surface area contributed by atoms with Gasteiger partial charge in [0.05, 0.1) is 0 Å². The lowest BCUT2D eigenvalue weighted by molar-refractivity contribution is 0.0953. The summed E-state index contributed by atoms with van der Waals surface area (Å²) in [4.78, 5) is 25.3. The summed E-state index contributed by atoms with van der Waals surface area (Å²) in [5.74, 6) is 1.27. The molecule has 1 amide bonds. The van der Waals surface area contributed by atoms with Crippen LogP contribution < -0.4 is 5.32 Å². The number of carbonyl (C=O) groups is 2. The van der Waals surface area contributed by atoms with Crippen LogP contribution in [-0.4, -0.2) is 39.3 Å². The van der Waals surface area contributed by atoms with E-state index >= 15 is 0 Å². The van der Waals surface area contributed by atoms with E-state index in [0.717, 1.165) is 41.5 Å². The number of nitrogens with zero attached hydrogens (tertiary/aromatic N) is 3. The molecule has 0 saturated carbocycles. The highest BCUT2D eigenvalue weighted by atomic mass is 32.2. The molecule has 0 bridgehead atoms. The van der Waals surface area contributed by atoms with Gasteiger partial charge in [0.25, 0.3) is 5.91 Å². The van der Waals surface area contributed by atoms with E-state index in [1.54, 1.807) is 23.9 Å². The van der Waals surface area contributed by atoms with Crippen molar-refractivity contribution in [2.24, 2.45) is 5.92 Å². The van der Waals surface area contributed by atoms with Gasteiger partial charge in [-0.15, -0.1) is 10.2 Å². The summed E-state index contributed by atoms with van der Waals surface area (Å²) < 4.78 is 2.17. The lowest BCUT2D eigenvalue weighted by Crippen LogP contribution is -2.25. The Morgan fingerprint density at radius 3 is 2.55 bits per heavy atom. The average Bonchev–Trinajstić information content (AvgIpc) is 3.29. The Hall–Kier alpha value is -2.93. The monoisotopic (exact) mass is 434 g/mol. The lowest BCUT2D eigenvalue weighted by atomic mass is 10.0. The molecule has 0 radical (unpaired) electrons. The van der Waals surface area contributed by atoms with E-state index < -0.39 is 0 Å². The Balaban J connectivity index is 1.37. The Labute approximate surface area is 186 Å². The molecule has 0 saturated heterocycles. The van der Waals surface area contributed by atoms with Gasteiger partial charge < -0.3 is 9.88 Å². The number of amides is 1. The first-order valence-electron chi connectivity index (χ1n) is 10.5. The quantitative estimate of drug-likeness (QED) is 0.332. The Morgan fingerprint density at radius 2 is 1.81 bits per heavy atom. The number of hydrogen-bond donors (Lipinski definition) is 1. The van der Waals surface area contributed by atoms with Gasteiger partial charge in [-0.3, -0.25) is 9.59 Å². The molecule has 1 aliphatic carbocycles. The average molecular weight is 435 g/mol. The van der Waals surface area contributed by atoms with Crippen LogP contribution >= 0.6 is 11.8 Å². The molecule has 2 aromatic carbocycles. The van der Waals surface area contributed by atoms with Crippen molar-refractivity contribution in [2.45, 2.75) is 38.4 Å². The predicted molar refractivity (Wildman–Crippen MR) is 123 cm³/mol. The minimum Gasteiger partial charge on any atom is -0.352 e. The lowest BCUT2D eigenvalue weighted by Gasteiger charge is -2.12. The number of hydrogen-bond acceptors (Lipinski definition) is 5. The van der Waals surface area contributed by atoms with Crippen LogP contribution in [0.15, 0.2) is 47.6 Å². The molecule has 0 unspecified atom stereocenters. The molecule has 6 nitrogen and oxygen atoms in total. The third-order valence-electron chi connectivity index (χ3n) is 5.37. The summed E-state index contributed by atoms with van der Waals surface area (Å²) in [6.45, 7) is 5.77. The van der Waals surface area contributed by atoms with Crippen LogP contribution in [0.2, 0.25) is 0 Å². The predicted octanol–water partition coefficient (Wildman–Crippen LogP) is 4.23. The van der Waals surface area contributed by atoms with Crippen LogP contribution in [-0.2, 0) is 13.0 Å². The summed E-state index contributed by atoms with van der Waals surface area (Å²) in [6.07, 6.45) is 3.52. The summed E-state index contributed by atoms with van der Waals surface area (Å²) in [5.41, 5.74) is 3.63. The fourth-order valence-electron chi connectivity index (χ4n) is 3.92. The molecule has 4 rings (SSSR count). The summed E-state index contributed by atoms with van der Waals surface area (Å²) in [7, 11) is 0. The highest BCUT2D eigenvalue weighted by molar-refractivity contribution is 7.98.